The first-order valence-corrected chi connectivity index (χ1v) is 6.50. The molecule has 1 N–H and O–H groups in total. The van der Waals surface area contributed by atoms with Crippen LogP contribution >= 0.6 is 23.2 Å². The fraction of sp³-hybridized carbons (Fsp3) is 0.154. The first-order chi connectivity index (χ1) is 9.45. The predicted octanol–water partition coefficient (Wildman–Crippen LogP) is 2.77. The van der Waals surface area contributed by atoms with Gasteiger partial charge < -0.3 is 5.32 Å². The Balaban J connectivity index is 2.12. The second-order valence-electron chi connectivity index (χ2n) is 4.16. The maximum Gasteiger partial charge on any atom is 0.292 e. The van der Waals surface area contributed by atoms with Crippen LogP contribution in [0, 0.1) is 0 Å². The van der Waals surface area contributed by atoms with Crippen LogP contribution in [-0.4, -0.2) is 21.5 Å². The summed E-state index contributed by atoms with van der Waals surface area (Å²) in [6, 6.07) is 7.29. The van der Waals surface area contributed by atoms with Gasteiger partial charge in [-0.1, -0.05) is 35.3 Å². The third-order valence-corrected chi connectivity index (χ3v) is 3.06. The zero-order chi connectivity index (χ0) is 14.7. The van der Waals surface area contributed by atoms with Crippen LogP contribution < -0.4 is 5.32 Å². The zero-order valence-corrected chi connectivity index (χ0v) is 12.1. The van der Waals surface area contributed by atoms with E-state index in [1.807, 2.05) is 12.1 Å². The molecule has 104 valence electrons. The zero-order valence-electron chi connectivity index (χ0n) is 10.6. The van der Waals surface area contributed by atoms with E-state index >= 15 is 0 Å². The molecule has 7 heteroatoms. The highest BCUT2D eigenvalue weighted by Gasteiger charge is 2.13. The topological polar surface area (TPSA) is 64.0 Å². The molecular weight excluding hydrogens is 301 g/mol. The number of amides is 1. The maximum absolute atomic E-state index is 11.3. The second-order valence-corrected chi connectivity index (χ2v) is 5.00. The molecule has 0 fully saturated rings. The van der Waals surface area contributed by atoms with Gasteiger partial charge in [0.25, 0.3) is 5.91 Å². The van der Waals surface area contributed by atoms with Crippen molar-refractivity contribution >= 4 is 40.7 Å². The number of carbonyl (C=O) groups is 2. The highest BCUT2D eigenvalue weighted by Crippen LogP contribution is 2.20. The molecule has 0 saturated carbocycles. The molecule has 1 aromatic carbocycles. The van der Waals surface area contributed by atoms with Gasteiger partial charge in [0.05, 0.1) is 6.54 Å². The van der Waals surface area contributed by atoms with E-state index in [4.69, 9.17) is 23.2 Å². The van der Waals surface area contributed by atoms with Gasteiger partial charge in [-0.2, -0.15) is 5.10 Å². The first kappa shape index (κ1) is 14.6. The lowest BCUT2D eigenvalue weighted by Gasteiger charge is -2.02. The fourth-order valence-electron chi connectivity index (χ4n) is 1.54. The first-order valence-electron chi connectivity index (χ1n) is 5.75. The minimum absolute atomic E-state index is 0.167. The van der Waals surface area contributed by atoms with Crippen LogP contribution in [-0.2, 0) is 16.1 Å². The molecule has 0 aliphatic heterocycles. The number of Topliss-reactive ketones (excluding diaryl/α,β-unsaturated/α-hetero) is 1. The van der Waals surface area contributed by atoms with Crippen LogP contribution in [0.3, 0.4) is 0 Å². The molecule has 0 radical (unpaired) electrons. The van der Waals surface area contributed by atoms with Gasteiger partial charge >= 0.3 is 0 Å². The summed E-state index contributed by atoms with van der Waals surface area (Å²) in [5.74, 6) is -1.18. The molecule has 5 nitrogen and oxygen atoms in total. The SMILES string of the molecule is CC(=O)C(=O)Nc1nn(Cc2ccc(Cl)cc2)cc1Cl. The summed E-state index contributed by atoms with van der Waals surface area (Å²) in [5.41, 5.74) is 0.984. The van der Waals surface area contributed by atoms with E-state index in [2.05, 4.69) is 10.4 Å². The van der Waals surface area contributed by atoms with E-state index in [-0.39, 0.29) is 10.8 Å². The van der Waals surface area contributed by atoms with Gasteiger partial charge in [-0.05, 0) is 17.7 Å². The maximum atomic E-state index is 11.3. The minimum Gasteiger partial charge on any atom is -0.301 e. The number of nitrogens with zero attached hydrogens (tertiary/aromatic N) is 2. The summed E-state index contributed by atoms with van der Waals surface area (Å²) < 4.78 is 1.57. The Morgan fingerprint density at radius 3 is 2.50 bits per heavy atom. The Bertz CT molecular complexity index is 650. The number of anilines is 1. The van der Waals surface area contributed by atoms with Gasteiger partial charge in [0, 0.05) is 18.1 Å². The molecular formula is C13H11Cl2N3O2. The summed E-state index contributed by atoms with van der Waals surface area (Å²) in [7, 11) is 0. The number of ketones is 1. The molecule has 1 heterocycles. The van der Waals surface area contributed by atoms with Crippen molar-refractivity contribution in [3.05, 3.63) is 46.1 Å². The van der Waals surface area contributed by atoms with Gasteiger partial charge in [-0.3, -0.25) is 14.3 Å². The number of aromatic nitrogens is 2. The Morgan fingerprint density at radius 1 is 1.25 bits per heavy atom. The third-order valence-electron chi connectivity index (χ3n) is 2.53. The molecule has 20 heavy (non-hydrogen) atoms. The minimum atomic E-state index is -0.747. The molecule has 0 saturated heterocycles. The molecule has 1 amide bonds. The van der Waals surface area contributed by atoms with E-state index in [1.165, 1.54) is 6.92 Å². The standard InChI is InChI=1S/C13H11Cl2N3O2/c1-8(19)13(20)16-12-11(15)7-18(17-12)6-9-2-4-10(14)5-3-9/h2-5,7H,6H2,1H3,(H,16,17,20). The van der Waals surface area contributed by atoms with Crippen LogP contribution in [0.5, 0.6) is 0 Å². The molecule has 1 aromatic heterocycles. The molecule has 0 spiro atoms. The van der Waals surface area contributed by atoms with Crippen molar-refractivity contribution in [2.75, 3.05) is 5.32 Å². The summed E-state index contributed by atoms with van der Waals surface area (Å²) in [4.78, 5) is 22.2. The molecule has 2 aromatic rings. The Labute approximate surface area is 125 Å². The second kappa shape index (κ2) is 6.07. The quantitative estimate of drug-likeness (QED) is 0.883. The van der Waals surface area contributed by atoms with E-state index in [9.17, 15) is 9.59 Å². The lowest BCUT2D eigenvalue weighted by molar-refractivity contribution is -0.133. The monoisotopic (exact) mass is 311 g/mol. The molecule has 0 atom stereocenters. The number of halogens is 2. The normalized spacial score (nSPS) is 10.3. The van der Waals surface area contributed by atoms with Gasteiger partial charge in [-0.15, -0.1) is 0 Å². The molecule has 0 aliphatic rings. The summed E-state index contributed by atoms with van der Waals surface area (Å²) >= 11 is 11.8. The van der Waals surface area contributed by atoms with Crippen LogP contribution in [0.15, 0.2) is 30.5 Å². The van der Waals surface area contributed by atoms with Crippen LogP contribution in [0.1, 0.15) is 12.5 Å². The Hall–Kier alpha value is -1.85. The lowest BCUT2D eigenvalue weighted by atomic mass is 10.2. The number of hydrogen-bond acceptors (Lipinski definition) is 3. The summed E-state index contributed by atoms with van der Waals surface area (Å²) in [6.07, 6.45) is 1.58. The fourth-order valence-corrected chi connectivity index (χ4v) is 1.86. The number of rotatable bonds is 4. The predicted molar refractivity (Wildman–Crippen MR) is 77.1 cm³/mol. The van der Waals surface area contributed by atoms with Crippen molar-refractivity contribution in [2.24, 2.45) is 0 Å². The van der Waals surface area contributed by atoms with Crippen LogP contribution in [0.4, 0.5) is 5.82 Å². The van der Waals surface area contributed by atoms with Crippen molar-refractivity contribution < 1.29 is 9.59 Å². The highest BCUT2D eigenvalue weighted by molar-refractivity contribution is 6.41. The molecule has 0 aliphatic carbocycles. The summed E-state index contributed by atoms with van der Waals surface area (Å²) in [5, 5.41) is 7.40. The van der Waals surface area contributed by atoms with Crippen molar-refractivity contribution in [1.82, 2.24) is 9.78 Å². The average Bonchev–Trinajstić information content (AvgIpc) is 2.72. The van der Waals surface area contributed by atoms with Crippen molar-refractivity contribution in [3.63, 3.8) is 0 Å². The smallest absolute Gasteiger partial charge is 0.292 e. The molecule has 2 rings (SSSR count). The van der Waals surface area contributed by atoms with E-state index in [0.29, 0.717) is 11.6 Å². The van der Waals surface area contributed by atoms with Gasteiger partial charge in [-0.25, -0.2) is 0 Å². The number of nitrogens with one attached hydrogen (secondary N) is 1. The van der Waals surface area contributed by atoms with Crippen LogP contribution in [0.25, 0.3) is 0 Å². The molecule has 0 unspecified atom stereocenters. The van der Waals surface area contributed by atoms with Gasteiger partial charge in [0.2, 0.25) is 5.78 Å². The van der Waals surface area contributed by atoms with Gasteiger partial charge in [0.1, 0.15) is 5.02 Å². The van der Waals surface area contributed by atoms with E-state index in [1.54, 1.807) is 23.0 Å². The third kappa shape index (κ3) is 3.59. The lowest BCUT2D eigenvalue weighted by Crippen LogP contribution is -2.20. The number of carbonyl (C=O) groups excluding carboxylic acids is 2. The Kier molecular flexibility index (Phi) is 4.42. The van der Waals surface area contributed by atoms with Crippen molar-refractivity contribution in [2.45, 2.75) is 13.5 Å². The average molecular weight is 312 g/mol. The molecule has 0 bridgehead atoms. The van der Waals surface area contributed by atoms with Crippen molar-refractivity contribution in [1.29, 1.82) is 0 Å². The Morgan fingerprint density at radius 2 is 1.90 bits per heavy atom. The van der Waals surface area contributed by atoms with E-state index in [0.717, 1.165) is 5.56 Å². The van der Waals surface area contributed by atoms with Gasteiger partial charge in [0.15, 0.2) is 5.82 Å². The van der Waals surface area contributed by atoms with Crippen LogP contribution in [0.2, 0.25) is 10.0 Å². The summed E-state index contributed by atoms with van der Waals surface area (Å²) in [6.45, 7) is 1.65. The number of hydrogen-bond donors (Lipinski definition) is 1. The number of benzene rings is 1. The van der Waals surface area contributed by atoms with E-state index < -0.39 is 11.7 Å². The largest absolute Gasteiger partial charge is 0.301 e. The van der Waals surface area contributed by atoms with Crippen molar-refractivity contribution in [3.8, 4) is 0 Å². The highest BCUT2D eigenvalue weighted by atomic mass is 35.5.